The van der Waals surface area contributed by atoms with Crippen molar-refractivity contribution >= 4 is 34.6 Å². The number of furan rings is 1. The van der Waals surface area contributed by atoms with Crippen LogP contribution < -0.4 is 5.32 Å². The van der Waals surface area contributed by atoms with E-state index in [0.717, 1.165) is 16.8 Å². The van der Waals surface area contributed by atoms with Crippen molar-refractivity contribution in [3.8, 4) is 0 Å². The van der Waals surface area contributed by atoms with Gasteiger partial charge in [-0.2, -0.15) is 11.8 Å². The zero-order valence-corrected chi connectivity index (χ0v) is 12.5. The van der Waals surface area contributed by atoms with E-state index in [1.54, 1.807) is 36.4 Å². The number of carbonyl (C=O) groups is 1. The molecule has 0 aromatic carbocycles. The highest BCUT2D eigenvalue weighted by atomic mass is 32.2. The van der Waals surface area contributed by atoms with Gasteiger partial charge in [0.1, 0.15) is 11.5 Å². The third-order valence-corrected chi connectivity index (χ3v) is 4.06. The first-order chi connectivity index (χ1) is 10.8. The molecule has 0 atom stereocenters. The topological polar surface area (TPSA) is 91.2 Å². The molecule has 0 radical (unpaired) electrons. The Hall–Kier alpha value is -2.25. The molecule has 1 amide bonds. The van der Waals surface area contributed by atoms with Crippen LogP contribution in [0.3, 0.4) is 0 Å². The molecule has 0 unspecified atom stereocenters. The van der Waals surface area contributed by atoms with Crippen molar-refractivity contribution in [2.45, 2.75) is 5.75 Å². The van der Waals surface area contributed by atoms with Crippen molar-refractivity contribution in [2.24, 2.45) is 0 Å². The molecule has 0 spiro atoms. The predicted octanol–water partition coefficient (Wildman–Crippen LogP) is 2.63. The number of hydrogen-bond acceptors (Lipinski definition) is 5. The molecular weight excluding hydrogens is 302 g/mol. The van der Waals surface area contributed by atoms with Gasteiger partial charge in [-0.3, -0.25) is 4.79 Å². The molecule has 114 valence electrons. The summed E-state index contributed by atoms with van der Waals surface area (Å²) in [4.78, 5) is 19.3. The number of anilines is 1. The summed E-state index contributed by atoms with van der Waals surface area (Å²) in [5.74, 6) is 1.69. The second-order valence-corrected chi connectivity index (χ2v) is 5.77. The molecule has 0 aliphatic rings. The molecule has 3 rings (SSSR count). The Kier molecular flexibility index (Phi) is 4.45. The molecule has 3 N–H and O–H groups in total. The smallest absolute Gasteiger partial charge is 0.273 e. The number of carbonyl (C=O) groups excluding carboxylic acids is 1. The van der Waals surface area contributed by atoms with E-state index in [1.807, 2.05) is 12.1 Å². The fourth-order valence-corrected chi connectivity index (χ4v) is 2.73. The van der Waals surface area contributed by atoms with Crippen LogP contribution in [0.4, 0.5) is 5.82 Å². The number of H-pyrrole nitrogens is 1. The molecular formula is C15H15N3O3S. The summed E-state index contributed by atoms with van der Waals surface area (Å²) in [6, 6.07) is 7.14. The zero-order chi connectivity index (χ0) is 15.4. The summed E-state index contributed by atoms with van der Waals surface area (Å²) in [5, 5.41) is 11.5. The Balaban J connectivity index is 1.68. The largest absolute Gasteiger partial charge is 0.463 e. The van der Waals surface area contributed by atoms with Gasteiger partial charge in [-0.25, -0.2) is 4.98 Å². The van der Waals surface area contributed by atoms with Gasteiger partial charge in [0.15, 0.2) is 5.58 Å². The van der Waals surface area contributed by atoms with Crippen LogP contribution in [0.15, 0.2) is 41.1 Å². The van der Waals surface area contributed by atoms with Crippen molar-refractivity contribution in [3.63, 3.8) is 0 Å². The van der Waals surface area contributed by atoms with E-state index >= 15 is 0 Å². The minimum absolute atomic E-state index is 0.160. The Morgan fingerprint density at radius 3 is 3.14 bits per heavy atom. The summed E-state index contributed by atoms with van der Waals surface area (Å²) in [6.07, 6.45) is 3.23. The second kappa shape index (κ2) is 6.67. The van der Waals surface area contributed by atoms with E-state index in [1.165, 1.54) is 0 Å². The number of pyridine rings is 1. The number of nitrogens with zero attached hydrogens (tertiary/aromatic N) is 1. The van der Waals surface area contributed by atoms with E-state index in [4.69, 9.17) is 9.52 Å². The number of thioether (sulfide) groups is 1. The summed E-state index contributed by atoms with van der Waals surface area (Å²) >= 11 is 1.63. The molecule has 0 aliphatic heterocycles. The third-order valence-electron chi connectivity index (χ3n) is 3.05. The Labute approximate surface area is 130 Å². The van der Waals surface area contributed by atoms with E-state index in [2.05, 4.69) is 15.3 Å². The van der Waals surface area contributed by atoms with Gasteiger partial charge < -0.3 is 19.8 Å². The summed E-state index contributed by atoms with van der Waals surface area (Å²) < 4.78 is 5.22. The standard InChI is InChI=1S/C15H15N3O3S/c19-4-6-22-9-10-1-3-16-14(7-10)18-15(20)12-8-13-11(17-12)2-5-21-13/h1-3,5,7-8,17,19H,4,6,9H2,(H,16,18,20). The third kappa shape index (κ3) is 3.32. The SMILES string of the molecule is O=C(Nc1cc(CSCCO)ccn1)c1cc2occc2[nH]1. The Morgan fingerprint density at radius 2 is 2.32 bits per heavy atom. The number of fused-ring (bicyclic) bond motifs is 1. The first-order valence-electron chi connectivity index (χ1n) is 6.77. The highest BCUT2D eigenvalue weighted by Crippen LogP contribution is 2.18. The van der Waals surface area contributed by atoms with Crippen LogP contribution >= 0.6 is 11.8 Å². The molecule has 3 aromatic rings. The molecule has 0 fully saturated rings. The maximum atomic E-state index is 12.2. The van der Waals surface area contributed by atoms with Gasteiger partial charge in [0, 0.05) is 29.8 Å². The normalized spacial score (nSPS) is 11.0. The average Bonchev–Trinajstić information content (AvgIpc) is 3.09. The highest BCUT2D eigenvalue weighted by Gasteiger charge is 2.12. The van der Waals surface area contributed by atoms with Crippen LogP contribution in [0.2, 0.25) is 0 Å². The van der Waals surface area contributed by atoms with E-state index in [0.29, 0.717) is 22.8 Å². The van der Waals surface area contributed by atoms with Crippen molar-refractivity contribution in [1.82, 2.24) is 9.97 Å². The lowest BCUT2D eigenvalue weighted by Crippen LogP contribution is -2.13. The molecule has 6 nitrogen and oxygen atoms in total. The Morgan fingerprint density at radius 1 is 1.41 bits per heavy atom. The maximum absolute atomic E-state index is 12.2. The number of rotatable bonds is 6. The Bertz CT molecular complexity index is 753. The fraction of sp³-hybridized carbons (Fsp3) is 0.200. The summed E-state index contributed by atoms with van der Waals surface area (Å²) in [6.45, 7) is 0.160. The lowest BCUT2D eigenvalue weighted by molar-refractivity contribution is 0.102. The number of amides is 1. The number of hydrogen-bond donors (Lipinski definition) is 3. The highest BCUT2D eigenvalue weighted by molar-refractivity contribution is 7.98. The predicted molar refractivity (Wildman–Crippen MR) is 86.0 cm³/mol. The minimum Gasteiger partial charge on any atom is -0.463 e. The zero-order valence-electron chi connectivity index (χ0n) is 11.7. The van der Waals surface area contributed by atoms with Crippen LogP contribution in [-0.4, -0.2) is 33.3 Å². The summed E-state index contributed by atoms with van der Waals surface area (Å²) in [5.41, 5.74) is 2.90. The monoisotopic (exact) mass is 317 g/mol. The summed E-state index contributed by atoms with van der Waals surface area (Å²) in [7, 11) is 0. The van der Waals surface area contributed by atoms with Crippen LogP contribution in [0.1, 0.15) is 16.1 Å². The molecule has 3 heterocycles. The molecule has 7 heteroatoms. The van der Waals surface area contributed by atoms with Gasteiger partial charge in [0.05, 0.1) is 18.4 Å². The van der Waals surface area contributed by atoms with Gasteiger partial charge >= 0.3 is 0 Å². The van der Waals surface area contributed by atoms with Gasteiger partial charge in [0.2, 0.25) is 0 Å². The van der Waals surface area contributed by atoms with Gasteiger partial charge in [-0.05, 0) is 17.7 Å². The molecule has 0 aliphatic carbocycles. The van der Waals surface area contributed by atoms with Gasteiger partial charge in [-0.15, -0.1) is 0 Å². The number of aromatic nitrogens is 2. The fourth-order valence-electron chi connectivity index (χ4n) is 2.04. The lowest BCUT2D eigenvalue weighted by atomic mass is 10.3. The van der Waals surface area contributed by atoms with Crippen molar-refractivity contribution < 1.29 is 14.3 Å². The number of aliphatic hydroxyl groups excluding tert-OH is 1. The van der Waals surface area contributed by atoms with Crippen LogP contribution in [0.5, 0.6) is 0 Å². The molecule has 0 saturated heterocycles. The van der Waals surface area contributed by atoms with Crippen molar-refractivity contribution in [3.05, 3.63) is 48.0 Å². The first kappa shape index (κ1) is 14.7. The van der Waals surface area contributed by atoms with Gasteiger partial charge in [-0.1, -0.05) is 0 Å². The molecule has 0 bridgehead atoms. The number of aliphatic hydroxyl groups is 1. The number of aromatic amines is 1. The van der Waals surface area contributed by atoms with Gasteiger partial charge in [0.25, 0.3) is 5.91 Å². The first-order valence-corrected chi connectivity index (χ1v) is 7.93. The van der Waals surface area contributed by atoms with Crippen LogP contribution in [0.25, 0.3) is 11.1 Å². The molecule has 0 saturated carbocycles. The van der Waals surface area contributed by atoms with Crippen molar-refractivity contribution in [1.29, 1.82) is 0 Å². The van der Waals surface area contributed by atoms with Crippen molar-refractivity contribution in [2.75, 3.05) is 17.7 Å². The quantitative estimate of drug-likeness (QED) is 0.608. The van der Waals surface area contributed by atoms with E-state index in [9.17, 15) is 4.79 Å². The average molecular weight is 317 g/mol. The number of nitrogens with one attached hydrogen (secondary N) is 2. The second-order valence-electron chi connectivity index (χ2n) is 4.66. The minimum atomic E-state index is -0.265. The molecule has 22 heavy (non-hydrogen) atoms. The maximum Gasteiger partial charge on any atom is 0.273 e. The van der Waals surface area contributed by atoms with E-state index < -0.39 is 0 Å². The lowest BCUT2D eigenvalue weighted by Gasteiger charge is -2.05. The van der Waals surface area contributed by atoms with E-state index in [-0.39, 0.29) is 12.5 Å². The van der Waals surface area contributed by atoms with Crippen LogP contribution in [-0.2, 0) is 5.75 Å². The molecule has 3 aromatic heterocycles. The van der Waals surface area contributed by atoms with Crippen LogP contribution in [0, 0.1) is 0 Å².